The number of anilines is 1. The maximum absolute atomic E-state index is 12.2. The van der Waals surface area contributed by atoms with Crippen LogP contribution in [0.4, 0.5) is 5.69 Å². The second kappa shape index (κ2) is 4.32. The van der Waals surface area contributed by atoms with Gasteiger partial charge in [0.15, 0.2) is 5.78 Å². The molecule has 0 aliphatic heterocycles. The Morgan fingerprint density at radius 3 is 2.48 bits per heavy atom. The molecule has 0 heterocycles. The molecule has 3 aromatic carbocycles. The summed E-state index contributed by atoms with van der Waals surface area (Å²) in [5.74, 6) is -0.0178. The third-order valence-electron chi connectivity index (χ3n) is 3.97. The predicted octanol–water partition coefficient (Wildman–Crippen LogP) is 4.30. The van der Waals surface area contributed by atoms with Gasteiger partial charge in [-0.15, -0.1) is 0 Å². The molecule has 0 saturated heterocycles. The van der Waals surface area contributed by atoms with E-state index >= 15 is 0 Å². The second-order valence-corrected chi connectivity index (χ2v) is 5.22. The molecule has 0 amide bonds. The lowest BCUT2D eigenvalue weighted by Crippen LogP contribution is -2.06. The third-order valence-corrected chi connectivity index (χ3v) is 3.97. The summed E-state index contributed by atoms with van der Waals surface area (Å²) in [5, 5.41) is 2.03. The highest BCUT2D eigenvalue weighted by molar-refractivity contribution is 6.24. The van der Waals surface area contributed by atoms with Gasteiger partial charge in [0.25, 0.3) is 0 Å². The summed E-state index contributed by atoms with van der Waals surface area (Å²) >= 11 is 0. The highest BCUT2D eigenvalue weighted by Crippen LogP contribution is 2.38. The molecule has 0 spiro atoms. The van der Waals surface area contributed by atoms with Gasteiger partial charge in [0, 0.05) is 11.1 Å². The standard InChI is InChI=1S/C19H13NO/c20-16-11-15(12-5-2-1-3-6-12)14-8-4-7-13-9-10-17(21)19(16)18(13)14/h1-11H,20H2. The molecule has 0 unspecified atom stereocenters. The topological polar surface area (TPSA) is 43.1 Å². The van der Waals surface area contributed by atoms with Crippen molar-refractivity contribution < 1.29 is 4.79 Å². The van der Waals surface area contributed by atoms with E-state index in [-0.39, 0.29) is 5.78 Å². The van der Waals surface area contributed by atoms with Gasteiger partial charge in [-0.05, 0) is 34.2 Å². The number of nitrogens with two attached hydrogens (primary N) is 1. The van der Waals surface area contributed by atoms with Crippen molar-refractivity contribution in [2.45, 2.75) is 0 Å². The molecule has 0 aromatic heterocycles. The Bertz CT molecular complexity index is 908. The van der Waals surface area contributed by atoms with Crippen molar-refractivity contribution in [1.82, 2.24) is 0 Å². The van der Waals surface area contributed by atoms with Crippen molar-refractivity contribution in [3.8, 4) is 11.1 Å². The maximum Gasteiger partial charge on any atom is 0.188 e. The van der Waals surface area contributed by atoms with E-state index in [1.54, 1.807) is 6.08 Å². The number of hydrogen-bond donors (Lipinski definition) is 1. The summed E-state index contributed by atoms with van der Waals surface area (Å²) in [6.07, 6.45) is 3.46. The summed E-state index contributed by atoms with van der Waals surface area (Å²) in [4.78, 5) is 12.2. The fraction of sp³-hybridized carbons (Fsp3) is 0. The van der Waals surface area contributed by atoms with Gasteiger partial charge in [-0.2, -0.15) is 0 Å². The van der Waals surface area contributed by atoms with E-state index in [4.69, 9.17) is 5.73 Å². The van der Waals surface area contributed by atoms with Crippen LogP contribution in [0.25, 0.3) is 28.0 Å². The molecule has 0 bridgehead atoms. The summed E-state index contributed by atoms with van der Waals surface area (Å²) in [6.45, 7) is 0. The lowest BCUT2D eigenvalue weighted by molar-refractivity contribution is 0.104. The summed E-state index contributed by atoms with van der Waals surface area (Å²) < 4.78 is 0. The van der Waals surface area contributed by atoms with Gasteiger partial charge in [-0.25, -0.2) is 0 Å². The number of carbonyl (C=O) groups is 1. The van der Waals surface area contributed by atoms with Crippen molar-refractivity contribution in [2.75, 3.05) is 5.73 Å². The van der Waals surface area contributed by atoms with Gasteiger partial charge in [0.2, 0.25) is 0 Å². The van der Waals surface area contributed by atoms with E-state index in [9.17, 15) is 4.79 Å². The number of carbonyl (C=O) groups excluding carboxylic acids is 1. The normalized spacial score (nSPS) is 12.9. The van der Waals surface area contributed by atoms with Crippen LogP contribution in [0, 0.1) is 0 Å². The Kier molecular flexibility index (Phi) is 2.45. The molecule has 2 heteroatoms. The molecule has 1 aliphatic carbocycles. The van der Waals surface area contributed by atoms with Gasteiger partial charge >= 0.3 is 0 Å². The Balaban J connectivity index is 2.18. The summed E-state index contributed by atoms with van der Waals surface area (Å²) in [7, 11) is 0. The number of ketones is 1. The SMILES string of the molecule is Nc1cc(-c2ccccc2)c2cccc3c2c1C(=O)C=C3. The van der Waals surface area contributed by atoms with Crippen molar-refractivity contribution in [3.63, 3.8) is 0 Å². The molecule has 0 atom stereocenters. The smallest absolute Gasteiger partial charge is 0.188 e. The molecule has 21 heavy (non-hydrogen) atoms. The second-order valence-electron chi connectivity index (χ2n) is 5.22. The van der Waals surface area contributed by atoms with Crippen LogP contribution < -0.4 is 5.73 Å². The monoisotopic (exact) mass is 271 g/mol. The first-order chi connectivity index (χ1) is 10.3. The first kappa shape index (κ1) is 11.9. The fourth-order valence-electron chi connectivity index (χ4n) is 3.03. The van der Waals surface area contributed by atoms with E-state index in [0.717, 1.165) is 27.5 Å². The van der Waals surface area contributed by atoms with Crippen LogP contribution in [0.15, 0.2) is 60.7 Å². The first-order valence-corrected chi connectivity index (χ1v) is 6.89. The molecule has 3 aromatic rings. The number of hydrogen-bond acceptors (Lipinski definition) is 2. The van der Waals surface area contributed by atoms with Crippen molar-refractivity contribution in [3.05, 3.63) is 71.8 Å². The number of benzene rings is 3. The van der Waals surface area contributed by atoms with E-state index in [1.807, 2.05) is 42.5 Å². The maximum atomic E-state index is 12.2. The minimum absolute atomic E-state index is 0.0178. The average Bonchev–Trinajstić information content (AvgIpc) is 2.53. The molecule has 2 N–H and O–H groups in total. The number of rotatable bonds is 1. The molecular weight excluding hydrogens is 258 g/mol. The molecule has 2 nitrogen and oxygen atoms in total. The minimum atomic E-state index is -0.0178. The highest BCUT2D eigenvalue weighted by atomic mass is 16.1. The molecular formula is C19H13NO. The lowest BCUT2D eigenvalue weighted by Gasteiger charge is -2.17. The van der Waals surface area contributed by atoms with Gasteiger partial charge in [-0.1, -0.05) is 54.6 Å². The summed E-state index contributed by atoms with van der Waals surface area (Å²) in [5.41, 5.74) is 10.6. The fourth-order valence-corrected chi connectivity index (χ4v) is 3.03. The Labute approximate surface area is 122 Å². The number of nitrogen functional groups attached to an aromatic ring is 1. The first-order valence-electron chi connectivity index (χ1n) is 6.89. The van der Waals surface area contributed by atoms with Crippen LogP contribution in [0.3, 0.4) is 0 Å². The van der Waals surface area contributed by atoms with Crippen molar-refractivity contribution in [1.29, 1.82) is 0 Å². The van der Waals surface area contributed by atoms with Crippen LogP contribution in [-0.4, -0.2) is 5.78 Å². The molecule has 100 valence electrons. The molecule has 1 aliphatic rings. The number of allylic oxidation sites excluding steroid dienone is 1. The molecule has 0 fully saturated rings. The van der Waals surface area contributed by atoms with Gasteiger partial charge in [0.05, 0.1) is 5.56 Å². The highest BCUT2D eigenvalue weighted by Gasteiger charge is 2.20. The van der Waals surface area contributed by atoms with E-state index in [2.05, 4.69) is 18.2 Å². The average molecular weight is 271 g/mol. The molecule has 0 saturated carbocycles. The summed E-state index contributed by atoms with van der Waals surface area (Å²) in [6, 6.07) is 18.1. The van der Waals surface area contributed by atoms with Crippen molar-refractivity contribution in [2.24, 2.45) is 0 Å². The Morgan fingerprint density at radius 1 is 0.857 bits per heavy atom. The van der Waals surface area contributed by atoms with Crippen LogP contribution in [0.5, 0.6) is 0 Å². The van der Waals surface area contributed by atoms with E-state index in [1.165, 1.54) is 0 Å². The quantitative estimate of drug-likeness (QED) is 0.670. The van der Waals surface area contributed by atoms with Crippen LogP contribution in [0.1, 0.15) is 15.9 Å². The lowest BCUT2D eigenvalue weighted by atomic mass is 9.87. The van der Waals surface area contributed by atoms with Crippen LogP contribution >= 0.6 is 0 Å². The van der Waals surface area contributed by atoms with Gasteiger partial charge in [0.1, 0.15) is 0 Å². The van der Waals surface area contributed by atoms with E-state index < -0.39 is 0 Å². The largest absolute Gasteiger partial charge is 0.398 e. The van der Waals surface area contributed by atoms with Crippen LogP contribution in [-0.2, 0) is 0 Å². The Hall–Kier alpha value is -2.87. The van der Waals surface area contributed by atoms with Crippen molar-refractivity contribution >= 4 is 28.3 Å². The minimum Gasteiger partial charge on any atom is -0.398 e. The van der Waals surface area contributed by atoms with Gasteiger partial charge in [-0.3, -0.25) is 4.79 Å². The Morgan fingerprint density at radius 2 is 1.67 bits per heavy atom. The molecule has 0 radical (unpaired) electrons. The zero-order valence-electron chi connectivity index (χ0n) is 11.3. The molecule has 4 rings (SSSR count). The third kappa shape index (κ3) is 1.69. The van der Waals surface area contributed by atoms with Crippen LogP contribution in [0.2, 0.25) is 0 Å². The zero-order chi connectivity index (χ0) is 14.4. The predicted molar refractivity (Wildman–Crippen MR) is 87.2 cm³/mol. The van der Waals surface area contributed by atoms with Gasteiger partial charge < -0.3 is 5.73 Å². The van der Waals surface area contributed by atoms with E-state index in [0.29, 0.717) is 11.3 Å². The zero-order valence-corrected chi connectivity index (χ0v) is 11.3.